The van der Waals surface area contributed by atoms with Gasteiger partial charge in [0.2, 0.25) is 11.8 Å². The van der Waals surface area contributed by atoms with Crippen molar-refractivity contribution in [2.75, 3.05) is 38.1 Å². The predicted octanol–water partition coefficient (Wildman–Crippen LogP) is 2.11. The van der Waals surface area contributed by atoms with Gasteiger partial charge < -0.3 is 14.7 Å². The first kappa shape index (κ1) is 22.7. The van der Waals surface area contributed by atoms with Gasteiger partial charge in [0.15, 0.2) is 0 Å². The van der Waals surface area contributed by atoms with E-state index in [1.165, 1.54) is 4.68 Å². The number of benzene rings is 2. The van der Waals surface area contributed by atoms with Gasteiger partial charge in [-0.15, -0.1) is 0 Å². The maximum atomic E-state index is 13.4. The molecular formula is C25H29N5O3. The van der Waals surface area contributed by atoms with Crippen LogP contribution in [0.15, 0.2) is 59.5 Å². The fraction of sp³-hybridized carbons (Fsp3) is 0.360. The molecule has 1 aromatic heterocycles. The van der Waals surface area contributed by atoms with Crippen LogP contribution in [0.5, 0.6) is 0 Å². The van der Waals surface area contributed by atoms with E-state index >= 15 is 0 Å². The molecule has 0 radical (unpaired) electrons. The van der Waals surface area contributed by atoms with Gasteiger partial charge in [-0.3, -0.25) is 14.4 Å². The number of likely N-dealkylation sites (N-methyl/N-ethyl adjacent to an activating group) is 1. The van der Waals surface area contributed by atoms with Crippen molar-refractivity contribution in [3.63, 3.8) is 0 Å². The average molecular weight is 448 g/mol. The molecule has 0 aliphatic carbocycles. The zero-order valence-electron chi connectivity index (χ0n) is 19.1. The number of nitrogens with zero attached hydrogens (tertiary/aromatic N) is 5. The third-order valence-electron chi connectivity index (χ3n) is 6.10. The third-order valence-corrected chi connectivity index (χ3v) is 6.10. The summed E-state index contributed by atoms with van der Waals surface area (Å²) in [6.45, 7) is 4.46. The summed E-state index contributed by atoms with van der Waals surface area (Å²) in [6, 6.07) is 14.9. The lowest BCUT2D eigenvalue weighted by molar-refractivity contribution is -0.133. The van der Waals surface area contributed by atoms with Crippen LogP contribution >= 0.6 is 0 Å². The summed E-state index contributed by atoms with van der Waals surface area (Å²) in [5.74, 6) is -0.203. The van der Waals surface area contributed by atoms with Crippen LogP contribution < -0.4 is 10.5 Å². The quantitative estimate of drug-likeness (QED) is 0.601. The van der Waals surface area contributed by atoms with Crippen molar-refractivity contribution in [1.29, 1.82) is 0 Å². The van der Waals surface area contributed by atoms with Gasteiger partial charge in [-0.1, -0.05) is 36.4 Å². The number of carbonyl (C=O) groups excluding carboxylic acids is 2. The van der Waals surface area contributed by atoms with E-state index in [2.05, 4.69) is 10.00 Å². The molecule has 1 aliphatic heterocycles. The molecule has 0 spiro atoms. The molecule has 2 aromatic carbocycles. The van der Waals surface area contributed by atoms with Crippen molar-refractivity contribution in [2.24, 2.45) is 0 Å². The number of aromatic nitrogens is 2. The lowest BCUT2D eigenvalue weighted by atomic mass is 10.1. The second-order valence-corrected chi connectivity index (χ2v) is 8.47. The van der Waals surface area contributed by atoms with Crippen molar-refractivity contribution in [2.45, 2.75) is 26.4 Å². The minimum absolute atomic E-state index is 0.0193. The second-order valence-electron chi connectivity index (χ2n) is 8.47. The van der Waals surface area contributed by atoms with Crippen LogP contribution in [0, 0.1) is 0 Å². The predicted molar refractivity (Wildman–Crippen MR) is 128 cm³/mol. The van der Waals surface area contributed by atoms with E-state index in [4.69, 9.17) is 0 Å². The summed E-state index contributed by atoms with van der Waals surface area (Å²) in [6.07, 6.45) is 2.46. The lowest BCUT2D eigenvalue weighted by Crippen LogP contribution is -2.41. The van der Waals surface area contributed by atoms with Gasteiger partial charge in [0.1, 0.15) is 6.54 Å². The summed E-state index contributed by atoms with van der Waals surface area (Å²) in [5.41, 5.74) is 1.46. The number of hydrogen-bond acceptors (Lipinski definition) is 5. The Morgan fingerprint density at radius 3 is 2.55 bits per heavy atom. The number of hydrogen-bond donors (Lipinski definition) is 0. The molecule has 0 saturated carbocycles. The van der Waals surface area contributed by atoms with Gasteiger partial charge in [-0.05, 0) is 37.7 Å². The monoisotopic (exact) mass is 447 g/mol. The van der Waals surface area contributed by atoms with Gasteiger partial charge in [0.25, 0.3) is 5.56 Å². The highest BCUT2D eigenvalue weighted by Gasteiger charge is 2.22. The molecule has 0 N–H and O–H groups in total. The molecule has 2 amide bonds. The molecule has 8 nitrogen and oxygen atoms in total. The van der Waals surface area contributed by atoms with Gasteiger partial charge in [-0.2, -0.15) is 5.10 Å². The first-order chi connectivity index (χ1) is 15.9. The summed E-state index contributed by atoms with van der Waals surface area (Å²) < 4.78 is 1.23. The van der Waals surface area contributed by atoms with Crippen molar-refractivity contribution in [3.05, 3.63) is 70.6 Å². The Labute approximate surface area is 193 Å². The van der Waals surface area contributed by atoms with E-state index in [0.29, 0.717) is 31.6 Å². The highest BCUT2D eigenvalue weighted by atomic mass is 16.2. The molecular weight excluding hydrogens is 418 g/mol. The van der Waals surface area contributed by atoms with Gasteiger partial charge in [0, 0.05) is 44.2 Å². The largest absolute Gasteiger partial charge is 0.335 e. The molecule has 0 fully saturated rings. The Bertz CT molecular complexity index is 1220. The Hall–Kier alpha value is -3.52. The Kier molecular flexibility index (Phi) is 6.84. The van der Waals surface area contributed by atoms with E-state index in [9.17, 15) is 14.4 Å². The Morgan fingerprint density at radius 2 is 1.73 bits per heavy atom. The Morgan fingerprint density at radius 1 is 0.970 bits per heavy atom. The number of rotatable bonds is 2. The number of carbonyl (C=O) groups is 2. The van der Waals surface area contributed by atoms with E-state index in [-0.39, 0.29) is 23.9 Å². The molecule has 0 atom stereocenters. The van der Waals surface area contributed by atoms with Crippen LogP contribution in [0.1, 0.15) is 18.9 Å². The molecule has 0 bridgehead atoms. The van der Waals surface area contributed by atoms with Crippen LogP contribution in [-0.4, -0.2) is 64.6 Å². The standard InChI is InChI=1S/C25H29N5O3/c1-19(31)29-13-7-12-27(2)14-15-28(17-21-9-4-6-11-23(21)29)24(32)18-30-25(33)22-10-5-3-8-20(22)16-26-30/h3-6,8-11,16H,7,12-15,17-18H2,1-2H3. The van der Waals surface area contributed by atoms with E-state index in [1.54, 1.807) is 35.1 Å². The number of fused-ring (bicyclic) bond motifs is 2. The van der Waals surface area contributed by atoms with Crippen LogP contribution in [0.4, 0.5) is 5.69 Å². The molecule has 4 rings (SSSR count). The highest BCUT2D eigenvalue weighted by molar-refractivity contribution is 5.92. The fourth-order valence-electron chi connectivity index (χ4n) is 4.22. The molecule has 8 heteroatoms. The van der Waals surface area contributed by atoms with Crippen molar-refractivity contribution < 1.29 is 9.59 Å². The van der Waals surface area contributed by atoms with Crippen molar-refractivity contribution >= 4 is 28.3 Å². The first-order valence-corrected chi connectivity index (χ1v) is 11.2. The number of anilines is 1. The summed E-state index contributed by atoms with van der Waals surface area (Å²) >= 11 is 0. The maximum absolute atomic E-state index is 13.4. The smallest absolute Gasteiger partial charge is 0.275 e. The highest BCUT2D eigenvalue weighted by Crippen LogP contribution is 2.23. The zero-order valence-corrected chi connectivity index (χ0v) is 19.1. The summed E-state index contributed by atoms with van der Waals surface area (Å²) in [4.78, 5) is 44.3. The number of amides is 2. The van der Waals surface area contributed by atoms with Gasteiger partial charge >= 0.3 is 0 Å². The maximum Gasteiger partial charge on any atom is 0.275 e. The van der Waals surface area contributed by atoms with E-state index < -0.39 is 0 Å². The SMILES string of the molecule is CC(=O)N1CCCN(C)CCN(C(=O)Cn2ncc3ccccc3c2=O)Cc2ccccc21. The van der Waals surface area contributed by atoms with Crippen LogP contribution in [-0.2, 0) is 22.7 Å². The molecule has 0 saturated heterocycles. The first-order valence-electron chi connectivity index (χ1n) is 11.2. The van der Waals surface area contributed by atoms with E-state index in [0.717, 1.165) is 29.6 Å². The van der Waals surface area contributed by atoms with Crippen LogP contribution in [0.3, 0.4) is 0 Å². The second kappa shape index (κ2) is 9.95. The van der Waals surface area contributed by atoms with Crippen LogP contribution in [0.25, 0.3) is 10.8 Å². The van der Waals surface area contributed by atoms with E-state index in [1.807, 2.05) is 43.4 Å². The van der Waals surface area contributed by atoms with Crippen LogP contribution in [0.2, 0.25) is 0 Å². The third kappa shape index (κ3) is 5.12. The minimum Gasteiger partial charge on any atom is -0.335 e. The number of para-hydroxylation sites is 1. The lowest BCUT2D eigenvalue weighted by Gasteiger charge is -2.27. The summed E-state index contributed by atoms with van der Waals surface area (Å²) in [5, 5.41) is 5.51. The minimum atomic E-state index is -0.278. The van der Waals surface area contributed by atoms with Gasteiger partial charge in [0.05, 0.1) is 11.6 Å². The molecule has 0 unspecified atom stereocenters. The van der Waals surface area contributed by atoms with Crippen molar-refractivity contribution in [1.82, 2.24) is 19.6 Å². The normalized spacial score (nSPS) is 15.7. The summed E-state index contributed by atoms with van der Waals surface area (Å²) in [7, 11) is 2.02. The van der Waals surface area contributed by atoms with Gasteiger partial charge in [-0.25, -0.2) is 4.68 Å². The molecule has 172 valence electrons. The fourth-order valence-corrected chi connectivity index (χ4v) is 4.22. The molecule has 1 aliphatic rings. The zero-order chi connectivity index (χ0) is 23.4. The topological polar surface area (TPSA) is 78.8 Å². The van der Waals surface area contributed by atoms with Crippen molar-refractivity contribution in [3.8, 4) is 0 Å². The average Bonchev–Trinajstić information content (AvgIpc) is 2.84. The molecule has 3 aromatic rings. The molecule has 33 heavy (non-hydrogen) atoms. The Balaban J connectivity index is 1.64. The molecule has 2 heterocycles.